The molecule has 1 amide bonds. The van der Waals surface area contributed by atoms with Gasteiger partial charge in [-0.3, -0.25) is 4.79 Å². The average Bonchev–Trinajstić information content (AvgIpc) is 3.11. The molecule has 0 saturated carbocycles. The molecule has 0 radical (unpaired) electrons. The van der Waals surface area contributed by atoms with Crippen LogP contribution in [0.15, 0.2) is 55.1 Å². The van der Waals surface area contributed by atoms with E-state index >= 15 is 0 Å². The standard InChI is InChI=1S/C18H20N6O/c1-23(2)15-6-4-14(5-7-15)18(25)22-11-13-24-12-10-21-17(24)16-19-8-3-9-20-16/h3-10,12H,11,13H2,1-2H3,(H,22,25). The predicted octanol–water partition coefficient (Wildman–Crippen LogP) is 1.84. The molecule has 0 unspecified atom stereocenters. The lowest BCUT2D eigenvalue weighted by molar-refractivity contribution is 0.0952. The van der Waals surface area contributed by atoms with Gasteiger partial charge in [0.05, 0.1) is 0 Å². The van der Waals surface area contributed by atoms with Gasteiger partial charge in [-0.2, -0.15) is 0 Å². The van der Waals surface area contributed by atoms with Gasteiger partial charge in [0.15, 0.2) is 11.6 Å². The Hall–Kier alpha value is -3.22. The SMILES string of the molecule is CN(C)c1ccc(C(=O)NCCn2ccnc2-c2ncccn2)cc1. The lowest BCUT2D eigenvalue weighted by Crippen LogP contribution is -2.27. The minimum Gasteiger partial charge on any atom is -0.378 e. The van der Waals surface area contributed by atoms with Crippen LogP contribution in [0.1, 0.15) is 10.4 Å². The Morgan fingerprint density at radius 2 is 1.80 bits per heavy atom. The van der Waals surface area contributed by atoms with Gasteiger partial charge in [0.2, 0.25) is 0 Å². The largest absolute Gasteiger partial charge is 0.378 e. The maximum Gasteiger partial charge on any atom is 0.251 e. The number of carbonyl (C=O) groups excluding carboxylic acids is 1. The van der Waals surface area contributed by atoms with E-state index in [0.29, 0.717) is 30.3 Å². The third-order valence-corrected chi connectivity index (χ3v) is 3.77. The first-order chi connectivity index (χ1) is 12.1. The molecular formula is C18H20N6O. The average molecular weight is 336 g/mol. The highest BCUT2D eigenvalue weighted by molar-refractivity contribution is 5.94. The zero-order chi connectivity index (χ0) is 17.6. The molecule has 0 spiro atoms. The third-order valence-electron chi connectivity index (χ3n) is 3.77. The van der Waals surface area contributed by atoms with Crippen LogP contribution in [0, 0.1) is 0 Å². The van der Waals surface area contributed by atoms with Gasteiger partial charge in [-0.15, -0.1) is 0 Å². The highest BCUT2D eigenvalue weighted by Crippen LogP contribution is 2.12. The number of amides is 1. The van der Waals surface area contributed by atoms with Crippen LogP contribution in [0.2, 0.25) is 0 Å². The highest BCUT2D eigenvalue weighted by Gasteiger charge is 2.09. The molecule has 0 saturated heterocycles. The first-order valence-corrected chi connectivity index (χ1v) is 7.99. The normalized spacial score (nSPS) is 10.5. The van der Waals surface area contributed by atoms with Crippen molar-refractivity contribution < 1.29 is 4.79 Å². The number of rotatable bonds is 6. The van der Waals surface area contributed by atoms with Crippen LogP contribution in [0.3, 0.4) is 0 Å². The zero-order valence-electron chi connectivity index (χ0n) is 14.3. The van der Waals surface area contributed by atoms with Crippen molar-refractivity contribution >= 4 is 11.6 Å². The van der Waals surface area contributed by atoms with Crippen LogP contribution >= 0.6 is 0 Å². The molecule has 128 valence electrons. The predicted molar refractivity (Wildman–Crippen MR) is 96.4 cm³/mol. The van der Waals surface area contributed by atoms with Crippen LogP contribution in [0.25, 0.3) is 11.6 Å². The van der Waals surface area contributed by atoms with Crippen LogP contribution < -0.4 is 10.2 Å². The van der Waals surface area contributed by atoms with E-state index in [1.807, 2.05) is 54.0 Å². The van der Waals surface area contributed by atoms with Crippen molar-refractivity contribution in [1.29, 1.82) is 0 Å². The number of anilines is 1. The second-order valence-electron chi connectivity index (χ2n) is 5.71. The van der Waals surface area contributed by atoms with E-state index in [0.717, 1.165) is 5.69 Å². The van der Waals surface area contributed by atoms with Crippen LogP contribution in [-0.2, 0) is 6.54 Å². The van der Waals surface area contributed by atoms with E-state index in [1.54, 1.807) is 24.7 Å². The van der Waals surface area contributed by atoms with Gasteiger partial charge >= 0.3 is 0 Å². The Bertz CT molecular complexity index is 826. The molecule has 1 N–H and O–H groups in total. The van der Waals surface area contributed by atoms with Crippen LogP contribution in [0.4, 0.5) is 5.69 Å². The summed E-state index contributed by atoms with van der Waals surface area (Å²) in [6.07, 6.45) is 6.91. The van der Waals surface area contributed by atoms with Gasteiger partial charge in [0.1, 0.15) is 0 Å². The van der Waals surface area contributed by atoms with Crippen LogP contribution in [0.5, 0.6) is 0 Å². The molecule has 2 aromatic heterocycles. The minimum absolute atomic E-state index is 0.0945. The van der Waals surface area contributed by atoms with E-state index in [9.17, 15) is 4.79 Å². The number of nitrogens with zero attached hydrogens (tertiary/aromatic N) is 5. The Morgan fingerprint density at radius 3 is 2.48 bits per heavy atom. The second-order valence-corrected chi connectivity index (χ2v) is 5.71. The number of aromatic nitrogens is 4. The lowest BCUT2D eigenvalue weighted by Gasteiger charge is -2.13. The summed E-state index contributed by atoms with van der Waals surface area (Å²) in [5, 5.41) is 2.92. The van der Waals surface area contributed by atoms with E-state index < -0.39 is 0 Å². The van der Waals surface area contributed by atoms with Gasteiger partial charge in [-0.25, -0.2) is 15.0 Å². The fourth-order valence-electron chi connectivity index (χ4n) is 2.41. The molecule has 0 fully saturated rings. The summed E-state index contributed by atoms with van der Waals surface area (Å²) in [5.41, 5.74) is 1.70. The molecule has 2 heterocycles. The molecular weight excluding hydrogens is 316 g/mol. The van der Waals surface area contributed by atoms with Crippen molar-refractivity contribution in [3.8, 4) is 11.6 Å². The molecule has 0 aliphatic carbocycles. The maximum absolute atomic E-state index is 12.2. The molecule has 0 bridgehead atoms. The number of benzene rings is 1. The molecule has 0 atom stereocenters. The van der Waals surface area contributed by atoms with E-state index in [4.69, 9.17) is 0 Å². The van der Waals surface area contributed by atoms with Crippen molar-refractivity contribution in [1.82, 2.24) is 24.8 Å². The van der Waals surface area contributed by atoms with Gasteiger partial charge in [0.25, 0.3) is 5.91 Å². The lowest BCUT2D eigenvalue weighted by atomic mass is 10.2. The quantitative estimate of drug-likeness (QED) is 0.743. The summed E-state index contributed by atoms with van der Waals surface area (Å²) in [7, 11) is 3.93. The maximum atomic E-state index is 12.2. The van der Waals surface area contributed by atoms with Crippen molar-refractivity contribution in [2.45, 2.75) is 6.54 Å². The van der Waals surface area contributed by atoms with Gasteiger partial charge in [-0.05, 0) is 30.3 Å². The van der Waals surface area contributed by atoms with E-state index in [-0.39, 0.29) is 5.91 Å². The number of hydrogen-bond acceptors (Lipinski definition) is 5. The number of nitrogens with one attached hydrogen (secondary N) is 1. The summed E-state index contributed by atoms with van der Waals surface area (Å²) in [6, 6.07) is 9.26. The smallest absolute Gasteiger partial charge is 0.251 e. The van der Waals surface area contributed by atoms with Crippen LogP contribution in [-0.4, -0.2) is 46.1 Å². The number of hydrogen-bond donors (Lipinski definition) is 1. The number of imidazole rings is 1. The Labute approximate surface area is 146 Å². The van der Waals surface area contributed by atoms with Crippen molar-refractivity contribution in [3.05, 3.63) is 60.7 Å². The summed E-state index contributed by atoms with van der Waals surface area (Å²) < 4.78 is 1.92. The second kappa shape index (κ2) is 7.57. The highest BCUT2D eigenvalue weighted by atomic mass is 16.1. The third kappa shape index (κ3) is 4.00. The zero-order valence-corrected chi connectivity index (χ0v) is 14.3. The fourth-order valence-corrected chi connectivity index (χ4v) is 2.41. The molecule has 1 aromatic carbocycles. The minimum atomic E-state index is -0.0945. The van der Waals surface area contributed by atoms with E-state index in [2.05, 4.69) is 20.3 Å². The molecule has 7 nitrogen and oxygen atoms in total. The Kier molecular flexibility index (Phi) is 5.03. The first-order valence-electron chi connectivity index (χ1n) is 7.99. The Morgan fingerprint density at radius 1 is 1.08 bits per heavy atom. The van der Waals surface area contributed by atoms with Crippen molar-refractivity contribution in [3.63, 3.8) is 0 Å². The summed E-state index contributed by atoms with van der Waals surface area (Å²) >= 11 is 0. The molecule has 25 heavy (non-hydrogen) atoms. The molecule has 3 aromatic rings. The van der Waals surface area contributed by atoms with Gasteiger partial charge < -0.3 is 14.8 Å². The molecule has 3 rings (SSSR count). The fraction of sp³-hybridized carbons (Fsp3) is 0.222. The monoisotopic (exact) mass is 336 g/mol. The Balaban J connectivity index is 1.58. The molecule has 7 heteroatoms. The van der Waals surface area contributed by atoms with Crippen molar-refractivity contribution in [2.75, 3.05) is 25.5 Å². The van der Waals surface area contributed by atoms with E-state index in [1.165, 1.54) is 0 Å². The first kappa shape index (κ1) is 16.6. The summed E-state index contributed by atoms with van der Waals surface area (Å²) in [4.78, 5) is 26.9. The topological polar surface area (TPSA) is 75.9 Å². The molecule has 0 aliphatic rings. The van der Waals surface area contributed by atoms with Crippen molar-refractivity contribution in [2.24, 2.45) is 0 Å². The van der Waals surface area contributed by atoms with Gasteiger partial charge in [-0.1, -0.05) is 0 Å². The summed E-state index contributed by atoms with van der Waals surface area (Å²) in [6.45, 7) is 1.08. The summed E-state index contributed by atoms with van der Waals surface area (Å²) in [5.74, 6) is 1.16. The number of carbonyl (C=O) groups is 1. The molecule has 0 aliphatic heterocycles. The van der Waals surface area contributed by atoms with Gasteiger partial charge in [0, 0.05) is 63.2 Å².